The average molecular weight is 1100 g/mol. The third-order valence-electron chi connectivity index (χ3n) is 14.8. The van der Waals surface area contributed by atoms with E-state index in [0.29, 0.717) is 6.42 Å². The van der Waals surface area contributed by atoms with Gasteiger partial charge in [0, 0.05) is 6.42 Å². The summed E-state index contributed by atoms with van der Waals surface area (Å²) in [6.45, 7) is 3.66. The molecule has 0 radical (unpaired) electrons. The number of aliphatic hydroxyl groups is 5. The first kappa shape index (κ1) is 73.9. The van der Waals surface area contributed by atoms with Gasteiger partial charge in [-0.25, -0.2) is 0 Å². The summed E-state index contributed by atoms with van der Waals surface area (Å²) in [6.07, 6.45) is 78.8. The maximum atomic E-state index is 13.1. The molecular formula is C70H121NO8. The minimum Gasteiger partial charge on any atom is -0.394 e. The molecule has 1 amide bonds. The summed E-state index contributed by atoms with van der Waals surface area (Å²) in [7, 11) is 0. The molecule has 9 nitrogen and oxygen atoms in total. The van der Waals surface area contributed by atoms with Crippen molar-refractivity contribution in [3.05, 3.63) is 109 Å². The van der Waals surface area contributed by atoms with Crippen LogP contribution in [-0.2, 0) is 14.3 Å². The largest absolute Gasteiger partial charge is 0.394 e. The molecule has 7 unspecified atom stereocenters. The molecule has 9 heteroatoms. The number of hydrogen-bond donors (Lipinski definition) is 6. The van der Waals surface area contributed by atoms with Crippen LogP contribution in [0.2, 0.25) is 0 Å². The van der Waals surface area contributed by atoms with Crippen LogP contribution in [0.4, 0.5) is 0 Å². The van der Waals surface area contributed by atoms with Crippen molar-refractivity contribution in [2.45, 2.75) is 314 Å². The Balaban J connectivity index is 2.22. The summed E-state index contributed by atoms with van der Waals surface area (Å²) in [5.41, 5.74) is 0. The van der Waals surface area contributed by atoms with Gasteiger partial charge in [-0.05, 0) is 89.9 Å². The Morgan fingerprint density at radius 2 is 0.797 bits per heavy atom. The summed E-state index contributed by atoms with van der Waals surface area (Å²) in [5, 5.41) is 54.7. The molecular weight excluding hydrogens is 983 g/mol. The van der Waals surface area contributed by atoms with E-state index in [9.17, 15) is 30.3 Å². The first-order valence-corrected chi connectivity index (χ1v) is 32.6. The summed E-state index contributed by atoms with van der Waals surface area (Å²) in [6, 6.07) is -0.834. The zero-order valence-electron chi connectivity index (χ0n) is 50.6. The van der Waals surface area contributed by atoms with E-state index < -0.39 is 49.5 Å². The molecule has 0 saturated carbocycles. The third-order valence-corrected chi connectivity index (χ3v) is 14.8. The molecule has 7 atom stereocenters. The molecule has 79 heavy (non-hydrogen) atoms. The molecule has 1 heterocycles. The SMILES string of the molecule is CC/C=C\C/C=C\C/C=C\C/C=C\C/C=C\C/C=C\C/C=C\CCCCCCCCCCCC(=O)NC(COC1OC(CO)C(O)C(O)C1O)C(O)/C=C/CC/C=C/CCCCCCCCCCCCCCCCCCCCC. The maximum Gasteiger partial charge on any atom is 0.220 e. The van der Waals surface area contributed by atoms with Gasteiger partial charge in [0.25, 0.3) is 0 Å². The number of carbonyl (C=O) groups is 1. The number of rotatable bonds is 55. The Kier molecular flexibility index (Phi) is 54.3. The van der Waals surface area contributed by atoms with Crippen LogP contribution in [-0.4, -0.2) is 87.5 Å². The predicted octanol–water partition coefficient (Wildman–Crippen LogP) is 17.3. The number of ether oxygens (including phenoxy) is 2. The minimum absolute atomic E-state index is 0.195. The van der Waals surface area contributed by atoms with Crippen molar-refractivity contribution < 1.29 is 39.8 Å². The first-order chi connectivity index (χ1) is 38.8. The number of allylic oxidation sites excluding steroid dienone is 17. The predicted molar refractivity (Wildman–Crippen MR) is 336 cm³/mol. The molecule has 1 aliphatic rings. The average Bonchev–Trinajstić information content (AvgIpc) is 3.47. The quantitative estimate of drug-likeness (QED) is 0.0261. The van der Waals surface area contributed by atoms with E-state index in [4.69, 9.17) is 9.47 Å². The van der Waals surface area contributed by atoms with Gasteiger partial charge < -0.3 is 40.3 Å². The molecule has 0 aliphatic carbocycles. The topological polar surface area (TPSA) is 149 Å². The van der Waals surface area contributed by atoms with Crippen LogP contribution in [0.25, 0.3) is 0 Å². The molecule has 0 bridgehead atoms. The molecule has 1 aliphatic heterocycles. The van der Waals surface area contributed by atoms with Gasteiger partial charge in [0.1, 0.15) is 24.4 Å². The molecule has 454 valence electrons. The zero-order chi connectivity index (χ0) is 57.2. The second kappa shape index (κ2) is 58.1. The highest BCUT2D eigenvalue weighted by atomic mass is 16.7. The second-order valence-electron chi connectivity index (χ2n) is 22.2. The van der Waals surface area contributed by atoms with E-state index in [0.717, 1.165) is 96.3 Å². The lowest BCUT2D eigenvalue weighted by Gasteiger charge is -2.40. The van der Waals surface area contributed by atoms with Gasteiger partial charge in [0.15, 0.2) is 6.29 Å². The van der Waals surface area contributed by atoms with Crippen molar-refractivity contribution in [1.29, 1.82) is 0 Å². The number of amides is 1. The number of unbranched alkanes of at least 4 members (excludes halogenated alkanes) is 29. The first-order valence-electron chi connectivity index (χ1n) is 32.6. The molecule has 1 saturated heterocycles. The maximum absolute atomic E-state index is 13.1. The Morgan fingerprint density at radius 1 is 0.443 bits per heavy atom. The van der Waals surface area contributed by atoms with Crippen molar-refractivity contribution in [3.8, 4) is 0 Å². The summed E-state index contributed by atoms with van der Waals surface area (Å²) >= 11 is 0. The van der Waals surface area contributed by atoms with Crippen LogP contribution in [0, 0.1) is 0 Å². The van der Waals surface area contributed by atoms with Gasteiger partial charge in [-0.2, -0.15) is 0 Å². The fourth-order valence-electron chi connectivity index (χ4n) is 9.74. The second-order valence-corrected chi connectivity index (χ2v) is 22.2. The lowest BCUT2D eigenvalue weighted by molar-refractivity contribution is -0.302. The molecule has 6 N–H and O–H groups in total. The number of carbonyl (C=O) groups excluding carboxylic acids is 1. The minimum atomic E-state index is -1.58. The molecule has 0 spiro atoms. The van der Waals surface area contributed by atoms with Gasteiger partial charge in [-0.15, -0.1) is 0 Å². The van der Waals surface area contributed by atoms with Gasteiger partial charge in [-0.3, -0.25) is 4.79 Å². The highest BCUT2D eigenvalue weighted by Crippen LogP contribution is 2.23. The van der Waals surface area contributed by atoms with E-state index in [1.165, 1.54) is 154 Å². The Morgan fingerprint density at radius 3 is 1.22 bits per heavy atom. The van der Waals surface area contributed by atoms with Gasteiger partial charge in [-0.1, -0.05) is 284 Å². The molecule has 0 aromatic rings. The van der Waals surface area contributed by atoms with E-state index in [-0.39, 0.29) is 12.5 Å². The van der Waals surface area contributed by atoms with Crippen LogP contribution in [0.3, 0.4) is 0 Å². The fourth-order valence-corrected chi connectivity index (χ4v) is 9.74. The molecule has 1 rings (SSSR count). The number of aliphatic hydroxyl groups excluding tert-OH is 5. The van der Waals surface area contributed by atoms with Crippen LogP contribution in [0.5, 0.6) is 0 Å². The van der Waals surface area contributed by atoms with Gasteiger partial charge in [0.2, 0.25) is 5.91 Å². The van der Waals surface area contributed by atoms with Gasteiger partial charge in [0.05, 0.1) is 25.4 Å². The van der Waals surface area contributed by atoms with Crippen LogP contribution in [0.15, 0.2) is 109 Å². The summed E-state index contributed by atoms with van der Waals surface area (Å²) in [4.78, 5) is 13.1. The van der Waals surface area contributed by atoms with Crippen LogP contribution >= 0.6 is 0 Å². The van der Waals surface area contributed by atoms with E-state index in [2.05, 4.69) is 116 Å². The monoisotopic (exact) mass is 1100 g/mol. The van der Waals surface area contributed by atoms with E-state index in [1.54, 1.807) is 6.08 Å². The van der Waals surface area contributed by atoms with E-state index in [1.807, 2.05) is 6.08 Å². The Hall–Kier alpha value is -3.15. The van der Waals surface area contributed by atoms with Crippen molar-refractivity contribution in [1.82, 2.24) is 5.32 Å². The standard InChI is InChI=1S/C70H121NO8/c1-3-5-7-9-11-13-15-17-19-21-23-25-27-29-30-31-32-33-34-36-38-40-42-44-46-48-50-52-54-56-58-60-66(74)71-63(62-78-70-69(77)68(76)67(75)65(61-72)79-70)64(73)59-57-55-53-51-49-47-45-43-41-39-37-35-28-26-24-22-20-18-16-14-12-10-8-6-4-2/h5,7,11,13,17,19,23,25,29-30,32-33,36,38,49,51,57,59,63-65,67-70,72-73,75-77H,3-4,6,8-10,12,14-16,18,20-22,24,26-28,31,34-35,37,39-48,50,52-56,58,60-62H2,1-2H3,(H,71,74)/b7-5-,13-11-,19-17-,25-23-,30-29-,33-32-,38-36-,51-49+,59-57+. The Labute approximate surface area is 485 Å². The zero-order valence-corrected chi connectivity index (χ0v) is 50.6. The van der Waals surface area contributed by atoms with Crippen molar-refractivity contribution in [3.63, 3.8) is 0 Å². The molecule has 0 aromatic heterocycles. The summed E-state index contributed by atoms with van der Waals surface area (Å²) < 4.78 is 11.3. The van der Waals surface area contributed by atoms with Crippen LogP contribution in [0.1, 0.15) is 271 Å². The van der Waals surface area contributed by atoms with E-state index >= 15 is 0 Å². The fraction of sp³-hybridized carbons (Fsp3) is 0.729. The summed E-state index contributed by atoms with van der Waals surface area (Å²) in [5.74, 6) is -0.195. The third kappa shape index (κ3) is 47.1. The van der Waals surface area contributed by atoms with Gasteiger partial charge >= 0.3 is 0 Å². The number of hydrogen-bond acceptors (Lipinski definition) is 8. The van der Waals surface area contributed by atoms with Crippen molar-refractivity contribution in [2.24, 2.45) is 0 Å². The van der Waals surface area contributed by atoms with Crippen molar-refractivity contribution >= 4 is 5.91 Å². The Bertz CT molecular complexity index is 1610. The molecule has 1 fully saturated rings. The lowest BCUT2D eigenvalue weighted by Crippen LogP contribution is -2.60. The van der Waals surface area contributed by atoms with Crippen molar-refractivity contribution in [2.75, 3.05) is 13.2 Å². The number of nitrogens with one attached hydrogen (secondary N) is 1. The molecule has 0 aromatic carbocycles. The highest BCUT2D eigenvalue weighted by Gasteiger charge is 2.44. The highest BCUT2D eigenvalue weighted by molar-refractivity contribution is 5.76. The normalized spacial score (nSPS) is 19.3. The smallest absolute Gasteiger partial charge is 0.220 e. The van der Waals surface area contributed by atoms with Crippen LogP contribution < -0.4 is 5.32 Å². The lowest BCUT2D eigenvalue weighted by atomic mass is 9.99.